The third kappa shape index (κ3) is 6.92. The smallest absolute Gasteiger partial charge is 0.309 e. The predicted octanol–water partition coefficient (Wildman–Crippen LogP) is 15.9. The fraction of sp³-hybridized carbons (Fsp3) is 0.321. The molecular weight excluding hydrogens is 741 g/mol. The Morgan fingerprint density at radius 3 is 0.966 bits per heavy atom. The van der Waals surface area contributed by atoms with Crippen LogP contribution in [0.2, 0.25) is 0 Å². The van der Waals surface area contributed by atoms with Gasteiger partial charge in [-0.05, 0) is 91.9 Å². The molecular formula is C53H54F4N2. The zero-order chi connectivity index (χ0) is 42.8. The van der Waals surface area contributed by atoms with Gasteiger partial charge in [0.2, 0.25) is 0 Å². The Morgan fingerprint density at radius 1 is 0.390 bits per heavy atom. The summed E-state index contributed by atoms with van der Waals surface area (Å²) >= 11 is 0. The first-order valence-electron chi connectivity index (χ1n) is 20.5. The molecule has 8 rings (SSSR count). The quantitative estimate of drug-likeness (QED) is 0.158. The minimum atomic E-state index is -4.84. The Labute approximate surface area is 345 Å². The molecule has 0 saturated heterocycles. The van der Waals surface area contributed by atoms with Gasteiger partial charge in [-0.15, -0.1) is 0 Å². The summed E-state index contributed by atoms with van der Waals surface area (Å²) in [5.74, 6) is -0.510. The van der Waals surface area contributed by atoms with Gasteiger partial charge in [0.25, 0.3) is 0 Å². The highest BCUT2D eigenvalue weighted by molar-refractivity contribution is 6.11. The molecule has 59 heavy (non-hydrogen) atoms. The van der Waals surface area contributed by atoms with Gasteiger partial charge in [-0.1, -0.05) is 150 Å². The van der Waals surface area contributed by atoms with Crippen LogP contribution in [0.25, 0.3) is 66.1 Å². The minimum Gasteiger partial charge on any atom is -0.309 e. The summed E-state index contributed by atoms with van der Waals surface area (Å²) in [5, 5.41) is 3.39. The highest BCUT2D eigenvalue weighted by atomic mass is 19.4. The van der Waals surface area contributed by atoms with Crippen LogP contribution in [-0.2, 0) is 27.8 Å². The largest absolute Gasteiger partial charge is 0.420 e. The second-order valence-electron chi connectivity index (χ2n) is 20.5. The molecule has 304 valence electrons. The Hall–Kier alpha value is -5.36. The van der Waals surface area contributed by atoms with Gasteiger partial charge in [0.05, 0.1) is 33.4 Å². The maximum atomic E-state index is 16.7. The third-order valence-corrected chi connectivity index (χ3v) is 12.0. The summed E-state index contributed by atoms with van der Waals surface area (Å²) in [6.45, 7) is 25.3. The summed E-state index contributed by atoms with van der Waals surface area (Å²) in [5.41, 5.74) is 5.18. The van der Waals surface area contributed by atoms with Crippen molar-refractivity contribution in [3.05, 3.63) is 143 Å². The van der Waals surface area contributed by atoms with Crippen molar-refractivity contribution in [1.82, 2.24) is 9.13 Å². The summed E-state index contributed by atoms with van der Waals surface area (Å²) < 4.78 is 69.7. The van der Waals surface area contributed by atoms with Crippen molar-refractivity contribution in [2.45, 2.75) is 111 Å². The molecule has 0 saturated carbocycles. The van der Waals surface area contributed by atoms with Crippen LogP contribution in [0.1, 0.15) is 111 Å². The molecule has 0 spiro atoms. The second-order valence-corrected chi connectivity index (χ2v) is 20.5. The Morgan fingerprint density at radius 2 is 0.695 bits per heavy atom. The fourth-order valence-corrected chi connectivity index (χ4v) is 8.53. The van der Waals surface area contributed by atoms with Crippen molar-refractivity contribution in [3.8, 4) is 22.5 Å². The minimum absolute atomic E-state index is 0.0562. The lowest BCUT2D eigenvalue weighted by atomic mass is 9.86. The predicted molar refractivity (Wildman–Crippen MR) is 240 cm³/mol. The van der Waals surface area contributed by atoms with E-state index in [0.717, 1.165) is 43.8 Å². The lowest BCUT2D eigenvalue weighted by Crippen LogP contribution is -2.17. The Balaban J connectivity index is 1.65. The van der Waals surface area contributed by atoms with E-state index in [4.69, 9.17) is 0 Å². The molecule has 0 atom stereocenters. The average molecular weight is 795 g/mol. The molecule has 2 aromatic heterocycles. The van der Waals surface area contributed by atoms with Crippen LogP contribution in [0.5, 0.6) is 0 Å². The van der Waals surface area contributed by atoms with Crippen LogP contribution in [0.4, 0.5) is 17.6 Å². The van der Waals surface area contributed by atoms with Crippen molar-refractivity contribution in [2.24, 2.45) is 0 Å². The maximum absolute atomic E-state index is 16.7. The number of hydrogen-bond donors (Lipinski definition) is 0. The topological polar surface area (TPSA) is 9.86 Å². The molecule has 6 aromatic carbocycles. The maximum Gasteiger partial charge on any atom is 0.420 e. The molecule has 2 heterocycles. The molecule has 0 aliphatic rings. The number of alkyl halides is 3. The van der Waals surface area contributed by atoms with Gasteiger partial charge in [-0.2, -0.15) is 13.2 Å². The van der Waals surface area contributed by atoms with E-state index in [1.807, 2.05) is 48.5 Å². The van der Waals surface area contributed by atoms with Gasteiger partial charge in [-0.25, -0.2) is 4.39 Å². The molecule has 0 aliphatic heterocycles. The molecule has 0 radical (unpaired) electrons. The first kappa shape index (κ1) is 40.4. The lowest BCUT2D eigenvalue weighted by molar-refractivity contribution is -0.137. The van der Waals surface area contributed by atoms with Crippen molar-refractivity contribution >= 4 is 43.6 Å². The molecule has 0 fully saturated rings. The number of aromatic nitrogens is 2. The van der Waals surface area contributed by atoms with Gasteiger partial charge >= 0.3 is 6.18 Å². The van der Waals surface area contributed by atoms with E-state index in [9.17, 15) is 0 Å². The summed E-state index contributed by atoms with van der Waals surface area (Å²) in [4.78, 5) is 0. The van der Waals surface area contributed by atoms with E-state index in [1.54, 1.807) is 39.5 Å². The van der Waals surface area contributed by atoms with E-state index in [-0.39, 0.29) is 38.6 Å². The van der Waals surface area contributed by atoms with Gasteiger partial charge in [0.15, 0.2) is 0 Å². The number of rotatable bonds is 3. The first-order valence-corrected chi connectivity index (χ1v) is 20.5. The van der Waals surface area contributed by atoms with Crippen LogP contribution in [0.3, 0.4) is 0 Å². The van der Waals surface area contributed by atoms with Gasteiger partial charge < -0.3 is 9.13 Å². The van der Waals surface area contributed by atoms with Gasteiger partial charge in [0, 0.05) is 27.1 Å². The van der Waals surface area contributed by atoms with E-state index < -0.39 is 17.6 Å². The number of benzene rings is 6. The normalized spacial score (nSPS) is 13.4. The van der Waals surface area contributed by atoms with Crippen LogP contribution < -0.4 is 0 Å². The zero-order valence-corrected chi connectivity index (χ0v) is 36.3. The van der Waals surface area contributed by atoms with E-state index in [1.165, 1.54) is 6.07 Å². The molecule has 0 unspecified atom stereocenters. The van der Waals surface area contributed by atoms with Crippen LogP contribution in [0.15, 0.2) is 109 Å². The molecule has 2 nitrogen and oxygen atoms in total. The summed E-state index contributed by atoms with van der Waals surface area (Å²) in [7, 11) is 0. The fourth-order valence-electron chi connectivity index (χ4n) is 8.53. The first-order chi connectivity index (χ1) is 27.3. The molecule has 0 N–H and O–H groups in total. The van der Waals surface area contributed by atoms with Crippen molar-refractivity contribution in [1.29, 1.82) is 0 Å². The van der Waals surface area contributed by atoms with Gasteiger partial charge in [0.1, 0.15) is 11.4 Å². The van der Waals surface area contributed by atoms with Crippen LogP contribution in [-0.4, -0.2) is 9.13 Å². The summed E-state index contributed by atoms with van der Waals surface area (Å²) in [6.07, 6.45) is -4.84. The molecule has 0 bridgehead atoms. The molecule has 0 aliphatic carbocycles. The van der Waals surface area contributed by atoms with Crippen LogP contribution >= 0.6 is 0 Å². The van der Waals surface area contributed by atoms with E-state index in [2.05, 4.69) is 107 Å². The SMILES string of the molecule is CC(C)(C)c1ccc2c3ccc(C(C)(C)C)cc3n(-c3cc(-c4ccccc4F)cc(-n4c5cc(C(C)(C)C)ccc5c5ccc(C(C)(C)C)cc54)c3C(F)(F)F)c2c1. The summed E-state index contributed by atoms with van der Waals surface area (Å²) in [6, 6.07) is 34.0. The number of nitrogens with zero attached hydrogens (tertiary/aromatic N) is 2. The van der Waals surface area contributed by atoms with Crippen molar-refractivity contribution in [3.63, 3.8) is 0 Å². The number of hydrogen-bond acceptors (Lipinski definition) is 0. The number of fused-ring (bicyclic) bond motifs is 6. The van der Waals surface area contributed by atoms with Crippen LogP contribution in [0, 0.1) is 5.82 Å². The van der Waals surface area contributed by atoms with E-state index >= 15 is 17.6 Å². The second kappa shape index (κ2) is 13.3. The third-order valence-electron chi connectivity index (χ3n) is 12.0. The molecule has 0 amide bonds. The monoisotopic (exact) mass is 794 g/mol. The van der Waals surface area contributed by atoms with Gasteiger partial charge in [-0.3, -0.25) is 0 Å². The van der Waals surface area contributed by atoms with Crippen molar-refractivity contribution in [2.75, 3.05) is 0 Å². The molecule has 8 aromatic rings. The average Bonchev–Trinajstić information content (AvgIpc) is 3.64. The Kier molecular flexibility index (Phi) is 9.13. The number of halogens is 4. The Bertz CT molecular complexity index is 2650. The zero-order valence-electron chi connectivity index (χ0n) is 36.3. The lowest BCUT2D eigenvalue weighted by Gasteiger charge is -2.25. The van der Waals surface area contributed by atoms with E-state index in [0.29, 0.717) is 27.6 Å². The highest BCUT2D eigenvalue weighted by Gasteiger charge is 2.40. The van der Waals surface area contributed by atoms with Crippen molar-refractivity contribution < 1.29 is 17.6 Å². The standard InChI is InChI=1S/C53H54F4N2/c1-49(2,3)32-17-21-37-38-22-18-33(50(4,5)6)28-43(38)58(42(37)27-32)46-25-31(36-15-13-14-16-41(36)54)26-47(48(46)53(55,56)57)59-44-29-34(51(7,8)9)19-23-39(44)40-24-20-35(30-45(40)59)52(10,11)12/h13-30H,1-12H3. The molecule has 6 heteroatoms. The highest BCUT2D eigenvalue weighted by Crippen LogP contribution is 2.48.